The number of allylic oxidation sites excluding steroid dienone is 1. The molecule has 5 heteroatoms. The summed E-state index contributed by atoms with van der Waals surface area (Å²) in [5.74, 6) is 1.17. The third kappa shape index (κ3) is 4.12. The van der Waals surface area contributed by atoms with Crippen molar-refractivity contribution in [3.63, 3.8) is 0 Å². The van der Waals surface area contributed by atoms with Gasteiger partial charge in [-0.25, -0.2) is 9.55 Å². The number of aromatic amines is 1. The van der Waals surface area contributed by atoms with Gasteiger partial charge in [0.05, 0.1) is 13.0 Å². The first-order valence-electron chi connectivity index (χ1n) is 4.94. The predicted octanol–water partition coefficient (Wildman–Crippen LogP) is 0.254. The summed E-state index contributed by atoms with van der Waals surface area (Å²) in [5, 5.41) is 3.29. The highest BCUT2D eigenvalue weighted by atomic mass is 32.1. The van der Waals surface area contributed by atoms with Crippen LogP contribution in [0, 0.1) is 0 Å². The minimum atomic E-state index is 0.361. The molecule has 1 heterocycles. The molecule has 1 rings (SSSR count). The zero-order chi connectivity index (χ0) is 11.1. The van der Waals surface area contributed by atoms with Crippen LogP contribution in [0.15, 0.2) is 25.0 Å². The monoisotopic (exact) mass is 225 g/mol. The largest absolute Gasteiger partial charge is 0.376 e. The predicted molar refractivity (Wildman–Crippen MR) is 64.3 cm³/mol. The average Bonchev–Trinajstić information content (AvgIpc) is 2.61. The molecule has 0 spiro atoms. The molecule has 4 N–H and O–H groups in total. The van der Waals surface area contributed by atoms with E-state index in [4.69, 9.17) is 18.0 Å². The van der Waals surface area contributed by atoms with Gasteiger partial charge in [-0.15, -0.1) is 6.58 Å². The third-order valence-corrected chi connectivity index (χ3v) is 2.21. The van der Waals surface area contributed by atoms with E-state index in [2.05, 4.69) is 21.4 Å². The fourth-order valence-corrected chi connectivity index (χ4v) is 1.48. The van der Waals surface area contributed by atoms with Crippen LogP contribution in [0.5, 0.6) is 0 Å². The Morgan fingerprint density at radius 2 is 2.53 bits per heavy atom. The fourth-order valence-electron chi connectivity index (χ4n) is 1.38. The van der Waals surface area contributed by atoms with E-state index >= 15 is 0 Å². The number of nitrogens with two attached hydrogens (primary N) is 1. The van der Waals surface area contributed by atoms with Crippen LogP contribution >= 0.6 is 12.2 Å². The van der Waals surface area contributed by atoms with Gasteiger partial charge in [-0.3, -0.25) is 0 Å². The highest BCUT2D eigenvalue weighted by molar-refractivity contribution is 7.80. The van der Waals surface area contributed by atoms with Crippen molar-refractivity contribution in [2.24, 2.45) is 5.73 Å². The lowest BCUT2D eigenvalue weighted by atomic mass is 10.3. The lowest BCUT2D eigenvalue weighted by Gasteiger charge is -2.02. The molecule has 0 aliphatic heterocycles. The molecule has 0 atom stereocenters. The van der Waals surface area contributed by atoms with Crippen molar-refractivity contribution in [1.29, 1.82) is 0 Å². The molecule has 0 saturated carbocycles. The van der Waals surface area contributed by atoms with E-state index in [1.54, 1.807) is 0 Å². The molecule has 0 fully saturated rings. The molecule has 0 unspecified atom stereocenters. The van der Waals surface area contributed by atoms with Gasteiger partial charge in [0.2, 0.25) is 0 Å². The fraction of sp³-hybridized carbons (Fsp3) is 0.400. The molecule has 0 aromatic carbocycles. The Morgan fingerprint density at radius 1 is 1.73 bits per heavy atom. The summed E-state index contributed by atoms with van der Waals surface area (Å²) in [7, 11) is 0. The van der Waals surface area contributed by atoms with Crippen LogP contribution in [0.2, 0.25) is 0 Å². The van der Waals surface area contributed by atoms with E-state index in [0.717, 1.165) is 25.9 Å². The van der Waals surface area contributed by atoms with Gasteiger partial charge in [0.25, 0.3) is 5.82 Å². The minimum Gasteiger partial charge on any atom is -0.376 e. The second-order valence-electron chi connectivity index (χ2n) is 3.24. The van der Waals surface area contributed by atoms with Gasteiger partial charge < -0.3 is 11.1 Å². The van der Waals surface area contributed by atoms with Crippen LogP contribution in [-0.4, -0.2) is 16.6 Å². The second-order valence-corrected chi connectivity index (χ2v) is 3.68. The van der Waals surface area contributed by atoms with Crippen molar-refractivity contribution in [3.05, 3.63) is 30.9 Å². The van der Waals surface area contributed by atoms with E-state index in [-0.39, 0.29) is 0 Å². The molecule has 0 aliphatic carbocycles. The van der Waals surface area contributed by atoms with Crippen LogP contribution < -0.4 is 15.6 Å². The number of nitrogens with one attached hydrogen (secondary N) is 2. The minimum absolute atomic E-state index is 0.361. The number of rotatable bonds is 6. The SMILES string of the molecule is C=CCc1[nH]cc[n+]1CCCNC(N)=S. The standard InChI is InChI=1S/C10H16N4S/c1-2-4-9-12-6-8-14(9)7-3-5-13-10(11)15/h2,6,8H,1,3-5,7H2,(H3,11,13,15)/p+1. The maximum absolute atomic E-state index is 5.32. The van der Waals surface area contributed by atoms with Gasteiger partial charge >= 0.3 is 0 Å². The maximum Gasteiger partial charge on any atom is 0.258 e. The Labute approximate surface area is 95.2 Å². The van der Waals surface area contributed by atoms with Gasteiger partial charge in [-0.1, -0.05) is 6.08 Å². The topological polar surface area (TPSA) is 57.7 Å². The zero-order valence-electron chi connectivity index (χ0n) is 8.70. The molecule has 0 aliphatic rings. The molecular formula is C10H17N4S+. The Morgan fingerprint density at radius 3 is 3.20 bits per heavy atom. The molecule has 1 aromatic rings. The third-order valence-electron chi connectivity index (χ3n) is 2.06. The van der Waals surface area contributed by atoms with Gasteiger partial charge in [0, 0.05) is 13.0 Å². The first-order valence-corrected chi connectivity index (χ1v) is 5.34. The molecule has 0 bridgehead atoms. The zero-order valence-corrected chi connectivity index (χ0v) is 9.52. The Kier molecular flexibility index (Phi) is 4.83. The van der Waals surface area contributed by atoms with Crippen molar-refractivity contribution in [2.75, 3.05) is 6.54 Å². The van der Waals surface area contributed by atoms with Crippen LogP contribution in [0.3, 0.4) is 0 Å². The highest BCUT2D eigenvalue weighted by Gasteiger charge is 2.07. The summed E-state index contributed by atoms with van der Waals surface area (Å²) in [6.45, 7) is 5.47. The number of aryl methyl sites for hydroxylation is 1. The van der Waals surface area contributed by atoms with Crippen molar-refractivity contribution in [1.82, 2.24) is 10.3 Å². The van der Waals surface area contributed by atoms with Crippen LogP contribution in [0.1, 0.15) is 12.2 Å². The van der Waals surface area contributed by atoms with E-state index in [0.29, 0.717) is 5.11 Å². The number of H-pyrrole nitrogens is 1. The summed E-state index contributed by atoms with van der Waals surface area (Å²) in [6.07, 6.45) is 7.69. The summed E-state index contributed by atoms with van der Waals surface area (Å²) in [4.78, 5) is 3.18. The highest BCUT2D eigenvalue weighted by Crippen LogP contribution is 1.90. The van der Waals surface area contributed by atoms with Crippen molar-refractivity contribution in [3.8, 4) is 0 Å². The quantitative estimate of drug-likeness (QED) is 0.282. The molecular weight excluding hydrogens is 208 g/mol. The van der Waals surface area contributed by atoms with E-state index in [9.17, 15) is 0 Å². The van der Waals surface area contributed by atoms with Crippen molar-refractivity contribution >= 4 is 17.3 Å². The average molecular weight is 225 g/mol. The molecule has 0 radical (unpaired) electrons. The number of hydrogen-bond acceptors (Lipinski definition) is 1. The number of imidazole rings is 1. The van der Waals surface area contributed by atoms with E-state index < -0.39 is 0 Å². The number of thiocarbonyl (C=S) groups is 1. The Bertz CT molecular complexity index is 332. The Balaban J connectivity index is 2.33. The first-order chi connectivity index (χ1) is 7.24. The smallest absolute Gasteiger partial charge is 0.258 e. The summed E-state index contributed by atoms with van der Waals surface area (Å²) in [5.41, 5.74) is 5.32. The normalized spacial score (nSPS) is 9.87. The van der Waals surface area contributed by atoms with Gasteiger partial charge in [0.1, 0.15) is 12.4 Å². The summed E-state index contributed by atoms with van der Waals surface area (Å²) >= 11 is 4.72. The van der Waals surface area contributed by atoms with Gasteiger partial charge in [0.15, 0.2) is 5.11 Å². The van der Waals surface area contributed by atoms with Crippen LogP contribution in [0.25, 0.3) is 0 Å². The number of nitrogens with zero attached hydrogens (tertiary/aromatic N) is 1. The first kappa shape index (κ1) is 11.7. The molecule has 0 amide bonds. The van der Waals surface area contributed by atoms with Gasteiger partial charge in [-0.2, -0.15) is 0 Å². The summed E-state index contributed by atoms with van der Waals surface area (Å²) < 4.78 is 2.17. The van der Waals surface area contributed by atoms with Crippen LogP contribution in [0.4, 0.5) is 0 Å². The van der Waals surface area contributed by atoms with Crippen molar-refractivity contribution in [2.45, 2.75) is 19.4 Å². The molecule has 0 saturated heterocycles. The molecule has 82 valence electrons. The maximum atomic E-state index is 5.32. The van der Waals surface area contributed by atoms with Gasteiger partial charge in [-0.05, 0) is 12.2 Å². The van der Waals surface area contributed by atoms with Crippen molar-refractivity contribution < 1.29 is 4.57 Å². The van der Waals surface area contributed by atoms with E-state index in [1.807, 2.05) is 18.5 Å². The summed E-state index contributed by atoms with van der Waals surface area (Å²) in [6, 6.07) is 0. The van der Waals surface area contributed by atoms with Crippen LogP contribution in [-0.2, 0) is 13.0 Å². The molecule has 15 heavy (non-hydrogen) atoms. The molecule has 4 nitrogen and oxygen atoms in total. The lowest BCUT2D eigenvalue weighted by molar-refractivity contribution is -0.702. The molecule has 1 aromatic heterocycles. The second kappa shape index (κ2) is 6.19. The number of aromatic nitrogens is 2. The lowest BCUT2D eigenvalue weighted by Crippen LogP contribution is -2.38. The number of hydrogen-bond donors (Lipinski definition) is 3. The van der Waals surface area contributed by atoms with E-state index in [1.165, 1.54) is 5.82 Å². The Hall–Kier alpha value is -1.36.